The van der Waals surface area contributed by atoms with Gasteiger partial charge in [-0.3, -0.25) is 9.59 Å². The van der Waals surface area contributed by atoms with Gasteiger partial charge in [0.05, 0.1) is 6.61 Å². The highest BCUT2D eigenvalue weighted by molar-refractivity contribution is 5.95. The molecule has 3 nitrogen and oxygen atoms in total. The minimum atomic E-state index is -0.449. The van der Waals surface area contributed by atoms with Crippen molar-refractivity contribution in [3.05, 3.63) is 71.8 Å². The van der Waals surface area contributed by atoms with Crippen molar-refractivity contribution >= 4 is 12.1 Å². The van der Waals surface area contributed by atoms with Crippen LogP contribution < -0.4 is 0 Å². The summed E-state index contributed by atoms with van der Waals surface area (Å²) < 4.78 is 5.62. The Bertz CT molecular complexity index is 637. The monoisotopic (exact) mass is 351 g/mol. The van der Waals surface area contributed by atoms with E-state index in [2.05, 4.69) is 0 Å². The van der Waals surface area contributed by atoms with Crippen molar-refractivity contribution in [2.24, 2.45) is 0 Å². The van der Waals surface area contributed by atoms with Gasteiger partial charge in [0.1, 0.15) is 6.10 Å². The molecule has 2 aromatic rings. The maximum absolute atomic E-state index is 12.0. The molecule has 0 saturated heterocycles. The molecule has 0 aromatic heterocycles. The first kappa shape index (κ1) is 20.1. The number of carbonyl (C=O) groups excluding carboxylic acids is 2. The van der Waals surface area contributed by atoms with E-state index in [0.29, 0.717) is 19.4 Å². The third-order valence-electron chi connectivity index (χ3n) is 4.39. The van der Waals surface area contributed by atoms with E-state index < -0.39 is 6.10 Å². The number of hydrogen-bond acceptors (Lipinski definition) is 3. The van der Waals surface area contributed by atoms with Crippen LogP contribution in [0.2, 0.25) is 0 Å². The molecule has 0 spiro atoms. The smallest absolute Gasteiger partial charge is 0.229 e. The fraction of sp³-hybridized carbons (Fsp3) is 0.391. The van der Waals surface area contributed by atoms with E-state index in [4.69, 9.17) is 4.74 Å². The number of benzene rings is 2. The van der Waals surface area contributed by atoms with Crippen LogP contribution in [0, 0.1) is 0 Å². The number of unbranched alkanes of at least 4 members (excludes halogenated alkanes) is 4. The van der Waals surface area contributed by atoms with Crippen molar-refractivity contribution in [3.63, 3.8) is 0 Å². The molecule has 0 aliphatic rings. The largest absolute Gasteiger partial charge is 0.365 e. The highest BCUT2D eigenvalue weighted by Gasteiger charge is 2.09. The van der Waals surface area contributed by atoms with Gasteiger partial charge >= 0.3 is 0 Å². The number of Topliss-reactive ketones (excluding diaryl/α,β-unsaturated/α-hetero) is 1. The van der Waals surface area contributed by atoms with E-state index in [1.165, 1.54) is 0 Å². The summed E-state index contributed by atoms with van der Waals surface area (Å²) in [6.45, 7) is 0.447. The molecule has 0 heterocycles. The second kappa shape index (κ2) is 12.2. The molecule has 26 heavy (non-hydrogen) atoms. The van der Waals surface area contributed by atoms with Crippen LogP contribution in [0.4, 0.5) is 0 Å². The fourth-order valence-electron chi connectivity index (χ4n) is 2.86. The van der Waals surface area contributed by atoms with Crippen LogP contribution in [0.25, 0.3) is 0 Å². The van der Waals surface area contributed by atoms with E-state index in [1.54, 1.807) is 0 Å². The Morgan fingerprint density at radius 3 is 2.15 bits per heavy atom. The standard InChI is InChI=1S/C23H27O3/c24-18-22(26-19-20-12-6-4-7-13-20)16-10-2-1-3-11-17-23(25)21-14-8-5-9-15-21/h4-9,12-15,22H,1-3,10-11,16-17,19H2. The zero-order valence-electron chi connectivity index (χ0n) is 15.2. The van der Waals surface area contributed by atoms with Crippen LogP contribution in [-0.2, 0) is 16.1 Å². The molecule has 3 heteroatoms. The molecule has 0 amide bonds. The molecular weight excluding hydrogens is 324 g/mol. The zero-order valence-corrected chi connectivity index (χ0v) is 15.2. The minimum absolute atomic E-state index is 0.218. The predicted octanol–water partition coefficient (Wildman–Crippen LogP) is 5.30. The number of ketones is 1. The Kier molecular flexibility index (Phi) is 9.37. The second-order valence-corrected chi connectivity index (χ2v) is 6.50. The molecule has 0 N–H and O–H groups in total. The molecule has 1 unspecified atom stereocenters. The van der Waals surface area contributed by atoms with Gasteiger partial charge in [-0.15, -0.1) is 0 Å². The molecule has 2 aromatic carbocycles. The Balaban J connectivity index is 1.51. The molecule has 1 radical (unpaired) electrons. The van der Waals surface area contributed by atoms with Gasteiger partial charge < -0.3 is 4.74 Å². The lowest BCUT2D eigenvalue weighted by Gasteiger charge is -2.11. The van der Waals surface area contributed by atoms with Gasteiger partial charge in [-0.25, -0.2) is 0 Å². The van der Waals surface area contributed by atoms with Crippen molar-refractivity contribution in [1.82, 2.24) is 0 Å². The van der Waals surface area contributed by atoms with E-state index in [0.717, 1.165) is 43.2 Å². The van der Waals surface area contributed by atoms with Gasteiger partial charge in [0.15, 0.2) is 5.78 Å². The molecule has 0 bridgehead atoms. The summed E-state index contributed by atoms with van der Waals surface area (Å²) >= 11 is 0. The van der Waals surface area contributed by atoms with Gasteiger partial charge in [-0.1, -0.05) is 86.3 Å². The van der Waals surface area contributed by atoms with Gasteiger partial charge in [-0.2, -0.15) is 0 Å². The average molecular weight is 351 g/mol. The fourth-order valence-corrected chi connectivity index (χ4v) is 2.86. The summed E-state index contributed by atoms with van der Waals surface area (Å²) in [4.78, 5) is 23.0. The first-order valence-electron chi connectivity index (χ1n) is 9.41. The van der Waals surface area contributed by atoms with E-state index in [1.807, 2.05) is 66.9 Å². The van der Waals surface area contributed by atoms with E-state index in [-0.39, 0.29) is 5.78 Å². The van der Waals surface area contributed by atoms with Gasteiger partial charge in [-0.05, 0) is 18.4 Å². The van der Waals surface area contributed by atoms with Crippen LogP contribution in [0.3, 0.4) is 0 Å². The van der Waals surface area contributed by atoms with Crippen LogP contribution in [0.15, 0.2) is 60.7 Å². The lowest BCUT2D eigenvalue weighted by atomic mass is 10.0. The van der Waals surface area contributed by atoms with E-state index >= 15 is 0 Å². The molecule has 0 fully saturated rings. The van der Waals surface area contributed by atoms with Gasteiger partial charge in [0.2, 0.25) is 6.29 Å². The predicted molar refractivity (Wildman–Crippen MR) is 104 cm³/mol. The number of carbonyl (C=O) groups is 1. The van der Waals surface area contributed by atoms with E-state index in [9.17, 15) is 9.59 Å². The maximum atomic E-state index is 12.0. The first-order valence-corrected chi connectivity index (χ1v) is 9.41. The van der Waals surface area contributed by atoms with Crippen molar-refractivity contribution in [2.75, 3.05) is 0 Å². The summed E-state index contributed by atoms with van der Waals surface area (Å²) in [5, 5.41) is 0. The maximum Gasteiger partial charge on any atom is 0.229 e. The molecule has 2 rings (SSSR count). The summed E-state index contributed by atoms with van der Waals surface area (Å²) in [5.74, 6) is 0.218. The SMILES string of the molecule is O=[C]C(CCCCCCCC(=O)c1ccccc1)OCc1ccccc1. The van der Waals surface area contributed by atoms with Crippen molar-refractivity contribution in [2.45, 2.75) is 57.7 Å². The van der Waals surface area contributed by atoms with Crippen LogP contribution in [0.1, 0.15) is 60.9 Å². The minimum Gasteiger partial charge on any atom is -0.365 e. The lowest BCUT2D eigenvalue weighted by molar-refractivity contribution is 0.0752. The summed E-state index contributed by atoms with van der Waals surface area (Å²) in [6.07, 6.45) is 7.88. The van der Waals surface area contributed by atoms with Crippen molar-refractivity contribution in [1.29, 1.82) is 0 Å². The molecule has 0 aliphatic carbocycles. The molecule has 137 valence electrons. The molecule has 0 saturated carbocycles. The van der Waals surface area contributed by atoms with Crippen molar-refractivity contribution < 1.29 is 14.3 Å². The number of hydrogen-bond donors (Lipinski definition) is 0. The summed E-state index contributed by atoms with van der Waals surface area (Å²) in [5.41, 5.74) is 1.86. The number of ether oxygens (including phenoxy) is 1. The number of rotatable bonds is 13. The van der Waals surface area contributed by atoms with Crippen LogP contribution in [-0.4, -0.2) is 18.2 Å². The van der Waals surface area contributed by atoms with Crippen LogP contribution >= 0.6 is 0 Å². The van der Waals surface area contributed by atoms with Gasteiger partial charge in [0.25, 0.3) is 0 Å². The first-order chi connectivity index (χ1) is 12.8. The molecule has 1 atom stereocenters. The Hall–Kier alpha value is -2.26. The third-order valence-corrected chi connectivity index (χ3v) is 4.39. The molecular formula is C23H27O3. The third kappa shape index (κ3) is 7.75. The Labute approximate surface area is 156 Å². The van der Waals surface area contributed by atoms with Gasteiger partial charge in [0, 0.05) is 12.0 Å². The highest BCUT2D eigenvalue weighted by atomic mass is 16.5. The Morgan fingerprint density at radius 1 is 0.846 bits per heavy atom. The molecule has 0 aliphatic heterocycles. The normalized spacial score (nSPS) is 11.8. The Morgan fingerprint density at radius 2 is 1.46 bits per heavy atom. The lowest BCUT2D eigenvalue weighted by Crippen LogP contribution is -2.14. The average Bonchev–Trinajstić information content (AvgIpc) is 2.70. The highest BCUT2D eigenvalue weighted by Crippen LogP contribution is 2.13. The van der Waals surface area contributed by atoms with Crippen LogP contribution in [0.5, 0.6) is 0 Å². The topological polar surface area (TPSA) is 43.4 Å². The summed E-state index contributed by atoms with van der Waals surface area (Å²) in [7, 11) is 0. The summed E-state index contributed by atoms with van der Waals surface area (Å²) in [6, 6.07) is 19.3. The van der Waals surface area contributed by atoms with Crippen molar-refractivity contribution in [3.8, 4) is 0 Å². The second-order valence-electron chi connectivity index (χ2n) is 6.50. The zero-order chi connectivity index (χ0) is 18.5. The quantitative estimate of drug-likeness (QED) is 0.363.